The van der Waals surface area contributed by atoms with Gasteiger partial charge in [0, 0.05) is 19.6 Å². The summed E-state index contributed by atoms with van der Waals surface area (Å²) in [6.45, 7) is 3.94. The standard InChI is InChI=1S/C19H27N3O5S/c1-14(2)28(25,26)22-12-16(19(13-22)18(24)21-10-11-27-19)17(23)20-9-8-15-6-4-3-5-7-15/h3-7,14,16H,8-13H2,1-2H3,(H,20,23)(H,21,24)/t16-,19-/m1/s1. The van der Waals surface area contributed by atoms with Gasteiger partial charge in [-0.3, -0.25) is 9.59 Å². The van der Waals surface area contributed by atoms with E-state index in [0.717, 1.165) is 5.56 Å². The first kappa shape index (κ1) is 20.8. The third-order valence-electron chi connectivity index (χ3n) is 5.32. The van der Waals surface area contributed by atoms with Gasteiger partial charge in [0.05, 0.1) is 24.3 Å². The molecule has 2 amide bonds. The van der Waals surface area contributed by atoms with Gasteiger partial charge in [0.25, 0.3) is 5.91 Å². The number of hydrogen-bond acceptors (Lipinski definition) is 5. The monoisotopic (exact) mass is 409 g/mol. The van der Waals surface area contributed by atoms with Crippen molar-refractivity contribution in [2.24, 2.45) is 5.92 Å². The molecule has 9 heteroatoms. The van der Waals surface area contributed by atoms with Crippen molar-refractivity contribution in [3.63, 3.8) is 0 Å². The number of benzene rings is 1. The number of rotatable bonds is 6. The Morgan fingerprint density at radius 2 is 2.07 bits per heavy atom. The lowest BCUT2D eigenvalue weighted by atomic mass is 9.87. The van der Waals surface area contributed by atoms with Crippen LogP contribution < -0.4 is 10.6 Å². The van der Waals surface area contributed by atoms with E-state index in [2.05, 4.69) is 10.6 Å². The molecule has 2 N–H and O–H groups in total. The van der Waals surface area contributed by atoms with Crippen LogP contribution in [0.2, 0.25) is 0 Å². The summed E-state index contributed by atoms with van der Waals surface area (Å²) in [5.41, 5.74) is -0.392. The number of carbonyl (C=O) groups is 2. The molecule has 2 fully saturated rings. The van der Waals surface area contributed by atoms with Crippen LogP contribution in [0.1, 0.15) is 19.4 Å². The van der Waals surface area contributed by atoms with Crippen molar-refractivity contribution >= 4 is 21.8 Å². The molecule has 2 saturated heterocycles. The zero-order valence-corrected chi connectivity index (χ0v) is 17.0. The predicted molar refractivity (Wildman–Crippen MR) is 104 cm³/mol. The van der Waals surface area contributed by atoms with Crippen LogP contribution in [0.4, 0.5) is 0 Å². The van der Waals surface area contributed by atoms with Crippen molar-refractivity contribution in [3.05, 3.63) is 35.9 Å². The lowest BCUT2D eigenvalue weighted by Crippen LogP contribution is -2.62. The van der Waals surface area contributed by atoms with Crippen molar-refractivity contribution in [1.82, 2.24) is 14.9 Å². The summed E-state index contributed by atoms with van der Waals surface area (Å²) in [6.07, 6.45) is 0.646. The van der Waals surface area contributed by atoms with Gasteiger partial charge in [-0.25, -0.2) is 8.42 Å². The summed E-state index contributed by atoms with van der Waals surface area (Å²) in [5, 5.41) is 4.92. The van der Waals surface area contributed by atoms with Crippen molar-refractivity contribution in [1.29, 1.82) is 0 Å². The van der Waals surface area contributed by atoms with Crippen molar-refractivity contribution < 1.29 is 22.7 Å². The molecule has 28 heavy (non-hydrogen) atoms. The van der Waals surface area contributed by atoms with E-state index < -0.39 is 32.7 Å². The molecule has 0 saturated carbocycles. The summed E-state index contributed by atoms with van der Waals surface area (Å²) in [4.78, 5) is 25.5. The van der Waals surface area contributed by atoms with Crippen LogP contribution in [-0.4, -0.2) is 68.2 Å². The topological polar surface area (TPSA) is 105 Å². The van der Waals surface area contributed by atoms with Crippen LogP contribution in [0.5, 0.6) is 0 Å². The Bertz CT molecular complexity index is 827. The quantitative estimate of drug-likeness (QED) is 0.683. The second kappa shape index (κ2) is 8.18. The van der Waals surface area contributed by atoms with E-state index >= 15 is 0 Å². The average Bonchev–Trinajstić information content (AvgIpc) is 3.06. The van der Waals surface area contributed by atoms with Crippen LogP contribution in [0, 0.1) is 5.92 Å². The van der Waals surface area contributed by atoms with Gasteiger partial charge >= 0.3 is 0 Å². The number of amides is 2. The third kappa shape index (κ3) is 3.92. The SMILES string of the molecule is CC(C)S(=O)(=O)N1C[C@H](C(=O)NCCc2ccccc2)[C@@]2(C1)OCCNC2=O. The van der Waals surface area contributed by atoms with E-state index in [4.69, 9.17) is 4.74 Å². The number of carbonyl (C=O) groups excluding carboxylic acids is 2. The lowest BCUT2D eigenvalue weighted by molar-refractivity contribution is -0.163. The Morgan fingerprint density at radius 1 is 1.36 bits per heavy atom. The van der Waals surface area contributed by atoms with Crippen LogP contribution >= 0.6 is 0 Å². The molecule has 0 bridgehead atoms. The first-order chi connectivity index (χ1) is 13.3. The van der Waals surface area contributed by atoms with Gasteiger partial charge in [-0.2, -0.15) is 4.31 Å². The minimum atomic E-state index is -3.61. The lowest BCUT2D eigenvalue weighted by Gasteiger charge is -2.36. The molecule has 1 aromatic rings. The molecule has 2 heterocycles. The molecule has 1 spiro atoms. The Kier molecular flexibility index (Phi) is 6.07. The molecule has 1 aromatic carbocycles. The van der Waals surface area contributed by atoms with Crippen LogP contribution in [0.15, 0.2) is 30.3 Å². The van der Waals surface area contributed by atoms with Gasteiger partial charge in [-0.05, 0) is 25.8 Å². The van der Waals surface area contributed by atoms with Crippen LogP contribution in [-0.2, 0) is 30.8 Å². The van der Waals surface area contributed by atoms with Crippen molar-refractivity contribution in [3.8, 4) is 0 Å². The molecule has 0 unspecified atom stereocenters. The molecule has 0 radical (unpaired) electrons. The Morgan fingerprint density at radius 3 is 2.71 bits per heavy atom. The number of morpholine rings is 1. The molecular weight excluding hydrogens is 382 g/mol. The van der Waals surface area contributed by atoms with Gasteiger partial charge in [-0.15, -0.1) is 0 Å². The summed E-state index contributed by atoms with van der Waals surface area (Å²) < 4.78 is 32.3. The van der Waals surface area contributed by atoms with E-state index in [0.29, 0.717) is 19.5 Å². The summed E-state index contributed by atoms with van der Waals surface area (Å²) in [5.74, 6) is -1.69. The number of nitrogens with one attached hydrogen (secondary N) is 2. The fraction of sp³-hybridized carbons (Fsp3) is 0.579. The van der Waals surface area contributed by atoms with E-state index in [1.54, 1.807) is 13.8 Å². The first-order valence-electron chi connectivity index (χ1n) is 9.50. The molecular formula is C19H27N3O5S. The maximum absolute atomic E-state index is 12.9. The highest BCUT2D eigenvalue weighted by molar-refractivity contribution is 7.89. The zero-order valence-electron chi connectivity index (χ0n) is 16.2. The second-order valence-corrected chi connectivity index (χ2v) is 9.95. The number of nitrogens with zero attached hydrogens (tertiary/aromatic N) is 1. The summed E-state index contributed by atoms with van der Waals surface area (Å²) in [7, 11) is -3.61. The Balaban J connectivity index is 1.75. The maximum Gasteiger partial charge on any atom is 0.254 e. The van der Waals surface area contributed by atoms with Gasteiger partial charge in [0.1, 0.15) is 0 Å². The van der Waals surface area contributed by atoms with Crippen LogP contribution in [0.25, 0.3) is 0 Å². The fourth-order valence-electron chi connectivity index (χ4n) is 3.66. The maximum atomic E-state index is 12.9. The van der Waals surface area contributed by atoms with Gasteiger partial charge < -0.3 is 15.4 Å². The third-order valence-corrected chi connectivity index (χ3v) is 7.51. The summed E-state index contributed by atoms with van der Waals surface area (Å²) >= 11 is 0. The first-order valence-corrected chi connectivity index (χ1v) is 11.0. The van der Waals surface area contributed by atoms with Crippen molar-refractivity contribution in [2.45, 2.75) is 31.1 Å². The summed E-state index contributed by atoms with van der Waals surface area (Å²) in [6, 6.07) is 9.72. The highest BCUT2D eigenvalue weighted by atomic mass is 32.2. The predicted octanol–water partition coefficient (Wildman–Crippen LogP) is -0.0995. The molecule has 8 nitrogen and oxygen atoms in total. The smallest absolute Gasteiger partial charge is 0.254 e. The Hall–Kier alpha value is -1.97. The van der Waals surface area contributed by atoms with E-state index in [1.807, 2.05) is 30.3 Å². The number of hydrogen-bond donors (Lipinski definition) is 2. The normalized spacial score (nSPS) is 25.8. The molecule has 154 valence electrons. The van der Waals surface area contributed by atoms with Crippen molar-refractivity contribution in [2.75, 3.05) is 32.8 Å². The van der Waals surface area contributed by atoms with Crippen LogP contribution in [0.3, 0.4) is 0 Å². The minimum absolute atomic E-state index is 0.0644. The second-order valence-electron chi connectivity index (χ2n) is 7.46. The molecule has 2 atom stereocenters. The van der Waals surface area contributed by atoms with E-state index in [1.165, 1.54) is 4.31 Å². The number of ether oxygens (including phenoxy) is 1. The van der Waals surface area contributed by atoms with E-state index in [9.17, 15) is 18.0 Å². The van der Waals surface area contributed by atoms with Gasteiger partial charge in [0.15, 0.2) is 5.60 Å². The fourth-order valence-corrected chi connectivity index (χ4v) is 4.99. The molecule has 3 rings (SSSR count). The molecule has 2 aliphatic rings. The number of sulfonamides is 1. The largest absolute Gasteiger partial charge is 0.361 e. The molecule has 0 aromatic heterocycles. The molecule has 0 aliphatic carbocycles. The Labute approximate surface area is 165 Å². The minimum Gasteiger partial charge on any atom is -0.361 e. The molecule has 2 aliphatic heterocycles. The zero-order chi connectivity index (χ0) is 20.4. The average molecular weight is 410 g/mol. The van der Waals surface area contributed by atoms with Gasteiger partial charge in [-0.1, -0.05) is 30.3 Å². The van der Waals surface area contributed by atoms with Gasteiger partial charge in [0.2, 0.25) is 15.9 Å². The van der Waals surface area contributed by atoms with E-state index in [-0.39, 0.29) is 25.6 Å². The highest BCUT2D eigenvalue weighted by Crippen LogP contribution is 2.35. The highest BCUT2D eigenvalue weighted by Gasteiger charge is 2.59.